The molecule has 1 aromatic heterocycles. The fourth-order valence-electron chi connectivity index (χ4n) is 6.58. The van der Waals surface area contributed by atoms with Crippen LogP contribution in [0.1, 0.15) is 90.8 Å². The van der Waals surface area contributed by atoms with E-state index >= 15 is 0 Å². The standard InChI is InChI=1S/C29H34N6O5/c1-28(11-13-34(14-12-28)27(40)29(2)9-4-10-29)23-17(16-31-33-23)15-30-19-6-3-5-18-22(19)26(39)35(25(18)38)20-7-8-21(36)32-24(20)37/h3,5-6,16,20,30H,4,7-15H2,1-2H3,(H,31,33)(H,32,36,37). The van der Waals surface area contributed by atoms with Gasteiger partial charge in [-0.2, -0.15) is 5.10 Å². The lowest BCUT2D eigenvalue weighted by molar-refractivity contribution is -0.147. The van der Waals surface area contributed by atoms with Gasteiger partial charge in [0, 0.05) is 53.8 Å². The van der Waals surface area contributed by atoms with Gasteiger partial charge in [0.1, 0.15) is 6.04 Å². The van der Waals surface area contributed by atoms with E-state index in [1.54, 1.807) is 24.4 Å². The van der Waals surface area contributed by atoms with Crippen LogP contribution in [-0.2, 0) is 26.3 Å². The van der Waals surface area contributed by atoms with Crippen LogP contribution in [0.2, 0.25) is 0 Å². The summed E-state index contributed by atoms with van der Waals surface area (Å²) in [5.41, 5.74) is 2.53. The number of carbonyl (C=O) groups is 5. The summed E-state index contributed by atoms with van der Waals surface area (Å²) in [5, 5.41) is 13.0. The number of hydrogen-bond donors (Lipinski definition) is 3. The fraction of sp³-hybridized carbons (Fsp3) is 0.517. The molecular formula is C29H34N6O5. The highest BCUT2D eigenvalue weighted by molar-refractivity contribution is 6.25. The van der Waals surface area contributed by atoms with E-state index in [2.05, 4.69) is 34.7 Å². The Morgan fingerprint density at radius 3 is 2.50 bits per heavy atom. The molecule has 2 saturated heterocycles. The number of benzene rings is 1. The molecular weight excluding hydrogens is 512 g/mol. The maximum absolute atomic E-state index is 13.4. The SMILES string of the molecule is CC1(C(=O)N2CCC(C)(c3[nH]ncc3CNc3cccc4c3C(=O)N(C3CCC(=O)NC3=O)C4=O)CC2)CCC1. The van der Waals surface area contributed by atoms with Crippen molar-refractivity contribution in [2.24, 2.45) is 5.41 Å². The average Bonchev–Trinajstić information content (AvgIpc) is 3.50. The van der Waals surface area contributed by atoms with Gasteiger partial charge in [-0.05, 0) is 44.2 Å². The molecule has 5 amide bonds. The molecule has 11 heteroatoms. The largest absolute Gasteiger partial charge is 0.380 e. The number of fused-ring (bicyclic) bond motifs is 1. The second kappa shape index (κ2) is 9.57. The molecule has 210 valence electrons. The number of amides is 5. The van der Waals surface area contributed by atoms with Crippen LogP contribution >= 0.6 is 0 Å². The van der Waals surface area contributed by atoms with Gasteiger partial charge in [-0.25, -0.2) is 0 Å². The first-order valence-electron chi connectivity index (χ1n) is 14.0. The number of anilines is 1. The minimum absolute atomic E-state index is 0.0716. The molecule has 0 spiro atoms. The van der Waals surface area contributed by atoms with Crippen LogP contribution in [0.15, 0.2) is 24.4 Å². The second-order valence-corrected chi connectivity index (χ2v) is 12.1. The topological polar surface area (TPSA) is 145 Å². The molecule has 4 aliphatic rings. The minimum Gasteiger partial charge on any atom is -0.380 e. The van der Waals surface area contributed by atoms with Crippen molar-refractivity contribution in [2.75, 3.05) is 18.4 Å². The molecule has 3 fully saturated rings. The smallest absolute Gasteiger partial charge is 0.264 e. The van der Waals surface area contributed by atoms with E-state index in [9.17, 15) is 24.0 Å². The normalized spacial score (nSPS) is 23.5. The van der Waals surface area contributed by atoms with E-state index < -0.39 is 29.7 Å². The molecule has 2 aromatic rings. The first-order chi connectivity index (χ1) is 19.1. The predicted molar refractivity (Wildman–Crippen MR) is 144 cm³/mol. The average molecular weight is 547 g/mol. The van der Waals surface area contributed by atoms with Crippen molar-refractivity contribution < 1.29 is 24.0 Å². The number of carbonyl (C=O) groups excluding carboxylic acids is 5. The highest BCUT2D eigenvalue weighted by Crippen LogP contribution is 2.44. The number of aromatic nitrogens is 2. The lowest BCUT2D eigenvalue weighted by Crippen LogP contribution is -2.54. The zero-order valence-corrected chi connectivity index (χ0v) is 22.8. The molecule has 6 rings (SSSR count). The van der Waals surface area contributed by atoms with Crippen molar-refractivity contribution in [3.05, 3.63) is 46.8 Å². The van der Waals surface area contributed by atoms with Crippen molar-refractivity contribution in [1.82, 2.24) is 25.3 Å². The van der Waals surface area contributed by atoms with Gasteiger partial charge in [0.05, 0.1) is 17.3 Å². The molecule has 11 nitrogen and oxygen atoms in total. The molecule has 1 aromatic carbocycles. The molecule has 4 heterocycles. The predicted octanol–water partition coefficient (Wildman–Crippen LogP) is 2.49. The summed E-state index contributed by atoms with van der Waals surface area (Å²) in [6.07, 6.45) is 6.65. The number of nitrogens with zero attached hydrogens (tertiary/aromatic N) is 3. The lowest BCUT2D eigenvalue weighted by Gasteiger charge is -2.45. The molecule has 0 bridgehead atoms. The van der Waals surface area contributed by atoms with E-state index in [0.717, 1.165) is 48.3 Å². The summed E-state index contributed by atoms with van der Waals surface area (Å²) in [7, 11) is 0. The Balaban J connectivity index is 1.16. The van der Waals surface area contributed by atoms with Gasteiger partial charge in [-0.3, -0.25) is 39.3 Å². The zero-order chi connectivity index (χ0) is 28.2. The molecule has 40 heavy (non-hydrogen) atoms. The molecule has 1 atom stereocenters. The summed E-state index contributed by atoms with van der Waals surface area (Å²) in [4.78, 5) is 66.6. The summed E-state index contributed by atoms with van der Waals surface area (Å²) < 4.78 is 0. The van der Waals surface area contributed by atoms with Gasteiger partial charge < -0.3 is 10.2 Å². The highest BCUT2D eigenvalue weighted by Gasteiger charge is 2.46. The van der Waals surface area contributed by atoms with E-state index in [-0.39, 0.29) is 40.7 Å². The summed E-state index contributed by atoms with van der Waals surface area (Å²) in [6, 6.07) is 4.01. The number of hydrogen-bond acceptors (Lipinski definition) is 7. The van der Waals surface area contributed by atoms with Crippen LogP contribution in [-0.4, -0.2) is 68.7 Å². The number of imide groups is 2. The van der Waals surface area contributed by atoms with Crippen LogP contribution in [0.25, 0.3) is 0 Å². The third-order valence-corrected chi connectivity index (χ3v) is 9.39. The van der Waals surface area contributed by atoms with Crippen molar-refractivity contribution >= 4 is 35.2 Å². The quantitative estimate of drug-likeness (QED) is 0.472. The Kier molecular flexibility index (Phi) is 6.27. The summed E-state index contributed by atoms with van der Waals surface area (Å²) in [6.45, 7) is 6.05. The Labute approximate surface area is 232 Å². The minimum atomic E-state index is -1.01. The Morgan fingerprint density at radius 2 is 1.82 bits per heavy atom. The molecule has 1 unspecified atom stereocenters. The van der Waals surface area contributed by atoms with E-state index in [4.69, 9.17) is 0 Å². The van der Waals surface area contributed by atoms with Crippen LogP contribution in [0.4, 0.5) is 5.69 Å². The first-order valence-corrected chi connectivity index (χ1v) is 14.0. The first kappa shape index (κ1) is 26.2. The van der Waals surface area contributed by atoms with Gasteiger partial charge in [-0.1, -0.05) is 26.3 Å². The zero-order valence-electron chi connectivity index (χ0n) is 22.8. The van der Waals surface area contributed by atoms with Crippen LogP contribution in [0.3, 0.4) is 0 Å². The van der Waals surface area contributed by atoms with Crippen LogP contribution in [0, 0.1) is 5.41 Å². The summed E-state index contributed by atoms with van der Waals surface area (Å²) in [5.74, 6) is -1.85. The maximum Gasteiger partial charge on any atom is 0.264 e. The van der Waals surface area contributed by atoms with E-state index in [1.807, 2.05) is 4.90 Å². The molecule has 1 saturated carbocycles. The molecule has 1 aliphatic carbocycles. The summed E-state index contributed by atoms with van der Waals surface area (Å²) >= 11 is 0. The third kappa shape index (κ3) is 4.18. The number of H-pyrrole nitrogens is 1. The number of aromatic amines is 1. The molecule has 0 radical (unpaired) electrons. The van der Waals surface area contributed by atoms with Crippen molar-refractivity contribution in [3.63, 3.8) is 0 Å². The molecule has 3 aliphatic heterocycles. The Hall–Kier alpha value is -4.02. The fourth-order valence-corrected chi connectivity index (χ4v) is 6.58. The third-order valence-electron chi connectivity index (χ3n) is 9.39. The Morgan fingerprint density at radius 1 is 1.07 bits per heavy atom. The van der Waals surface area contributed by atoms with Crippen molar-refractivity contribution in [1.29, 1.82) is 0 Å². The molecule has 3 N–H and O–H groups in total. The number of rotatable bonds is 6. The van der Waals surface area contributed by atoms with Gasteiger partial charge >= 0.3 is 0 Å². The van der Waals surface area contributed by atoms with E-state index in [0.29, 0.717) is 25.3 Å². The van der Waals surface area contributed by atoms with E-state index in [1.165, 1.54) is 0 Å². The van der Waals surface area contributed by atoms with Gasteiger partial charge in [0.2, 0.25) is 17.7 Å². The van der Waals surface area contributed by atoms with Crippen LogP contribution < -0.4 is 10.6 Å². The second-order valence-electron chi connectivity index (χ2n) is 12.1. The maximum atomic E-state index is 13.4. The monoisotopic (exact) mass is 546 g/mol. The number of likely N-dealkylation sites (tertiary alicyclic amines) is 1. The van der Waals surface area contributed by atoms with Gasteiger partial charge in [0.25, 0.3) is 11.8 Å². The van der Waals surface area contributed by atoms with Crippen molar-refractivity contribution in [3.8, 4) is 0 Å². The highest BCUT2D eigenvalue weighted by atomic mass is 16.2. The van der Waals surface area contributed by atoms with Crippen LogP contribution in [0.5, 0.6) is 0 Å². The number of nitrogens with one attached hydrogen (secondary N) is 3. The lowest BCUT2D eigenvalue weighted by atomic mass is 9.68. The number of piperidine rings is 2. The Bertz CT molecular complexity index is 1420. The van der Waals surface area contributed by atoms with Gasteiger partial charge in [-0.15, -0.1) is 0 Å². The van der Waals surface area contributed by atoms with Gasteiger partial charge in [0.15, 0.2) is 0 Å². The van der Waals surface area contributed by atoms with Crippen molar-refractivity contribution in [2.45, 2.75) is 76.8 Å².